The second-order valence-electron chi connectivity index (χ2n) is 2.13. The van der Waals surface area contributed by atoms with Crippen molar-refractivity contribution < 1.29 is 0 Å². The lowest BCUT2D eigenvalue weighted by molar-refractivity contribution is 0.768. The third-order valence-electron chi connectivity index (χ3n) is 1.27. The van der Waals surface area contributed by atoms with Crippen LogP contribution in [0.25, 0.3) is 0 Å². The van der Waals surface area contributed by atoms with Crippen LogP contribution in [0.1, 0.15) is 6.92 Å². The maximum Gasteiger partial charge on any atom is 0.0598 e. The summed E-state index contributed by atoms with van der Waals surface area (Å²) in [7, 11) is 0. The van der Waals surface area contributed by atoms with Gasteiger partial charge in [0.15, 0.2) is 0 Å². The molecule has 3 heteroatoms. The van der Waals surface area contributed by atoms with Gasteiger partial charge in [-0.05, 0) is 18.0 Å². The summed E-state index contributed by atoms with van der Waals surface area (Å²) in [6.45, 7) is 4.32. The Morgan fingerprint density at radius 1 is 1.64 bits per heavy atom. The highest BCUT2D eigenvalue weighted by Gasteiger charge is 1.92. The molecule has 0 atom stereocenters. The van der Waals surface area contributed by atoms with Crippen LogP contribution in [0.15, 0.2) is 21.7 Å². The molecule has 1 nitrogen and oxygen atoms in total. The second-order valence-corrected chi connectivity index (χ2v) is 4.48. The molecule has 0 bridgehead atoms. The predicted molar refractivity (Wildman–Crippen MR) is 53.6 cm³/mol. The minimum absolute atomic E-state index is 1.07. The molecule has 0 saturated carbocycles. The van der Waals surface area contributed by atoms with Gasteiger partial charge in [0, 0.05) is 12.3 Å². The zero-order valence-electron chi connectivity index (χ0n) is 6.67. The smallest absolute Gasteiger partial charge is 0.0598 e. The van der Waals surface area contributed by atoms with Gasteiger partial charge in [-0.15, -0.1) is 23.1 Å². The molecule has 62 valence electrons. The molecule has 11 heavy (non-hydrogen) atoms. The molecule has 0 aliphatic carbocycles. The van der Waals surface area contributed by atoms with Crippen LogP contribution in [-0.4, -0.2) is 18.8 Å². The summed E-state index contributed by atoms with van der Waals surface area (Å²) in [5, 5.41) is 5.42. The lowest BCUT2D eigenvalue weighted by atomic mass is 10.7. The summed E-state index contributed by atoms with van der Waals surface area (Å²) in [5.41, 5.74) is 0. The molecule has 1 aromatic rings. The van der Waals surface area contributed by atoms with Gasteiger partial charge in [-0.2, -0.15) is 0 Å². The van der Waals surface area contributed by atoms with E-state index in [9.17, 15) is 0 Å². The Balaban J connectivity index is 2.04. The zero-order chi connectivity index (χ0) is 7.94. The minimum Gasteiger partial charge on any atom is -0.316 e. The van der Waals surface area contributed by atoms with E-state index >= 15 is 0 Å². The normalized spacial score (nSPS) is 10.3. The van der Waals surface area contributed by atoms with E-state index in [0.717, 1.165) is 13.1 Å². The largest absolute Gasteiger partial charge is 0.316 e. The van der Waals surface area contributed by atoms with Crippen LogP contribution in [0.5, 0.6) is 0 Å². The highest BCUT2D eigenvalue weighted by Crippen LogP contribution is 2.22. The fraction of sp³-hybridized carbons (Fsp3) is 0.500. The molecule has 0 radical (unpaired) electrons. The van der Waals surface area contributed by atoms with Crippen molar-refractivity contribution in [3.05, 3.63) is 17.5 Å². The van der Waals surface area contributed by atoms with Crippen molar-refractivity contribution in [3.63, 3.8) is 0 Å². The first kappa shape index (κ1) is 9.10. The van der Waals surface area contributed by atoms with E-state index in [-0.39, 0.29) is 0 Å². The van der Waals surface area contributed by atoms with Crippen LogP contribution in [-0.2, 0) is 0 Å². The summed E-state index contributed by atoms with van der Waals surface area (Å²) in [6.07, 6.45) is 0. The van der Waals surface area contributed by atoms with Gasteiger partial charge in [0.05, 0.1) is 4.21 Å². The van der Waals surface area contributed by atoms with Crippen molar-refractivity contribution in [3.8, 4) is 0 Å². The van der Waals surface area contributed by atoms with Gasteiger partial charge in [0.1, 0.15) is 0 Å². The van der Waals surface area contributed by atoms with Gasteiger partial charge in [0.2, 0.25) is 0 Å². The monoisotopic (exact) mass is 187 g/mol. The highest BCUT2D eigenvalue weighted by atomic mass is 32.2. The highest BCUT2D eigenvalue weighted by molar-refractivity contribution is 8.01. The zero-order valence-corrected chi connectivity index (χ0v) is 8.30. The van der Waals surface area contributed by atoms with Crippen molar-refractivity contribution in [2.75, 3.05) is 18.8 Å². The molecule has 0 aromatic carbocycles. The van der Waals surface area contributed by atoms with Gasteiger partial charge >= 0.3 is 0 Å². The molecular weight excluding hydrogens is 174 g/mol. The van der Waals surface area contributed by atoms with Gasteiger partial charge in [-0.1, -0.05) is 13.0 Å². The van der Waals surface area contributed by atoms with Crippen LogP contribution in [0.3, 0.4) is 0 Å². The van der Waals surface area contributed by atoms with Crippen LogP contribution >= 0.6 is 23.1 Å². The van der Waals surface area contributed by atoms with Gasteiger partial charge in [-0.3, -0.25) is 0 Å². The molecule has 0 fully saturated rings. The molecule has 1 N–H and O–H groups in total. The Bertz CT molecular complexity index is 172. The Morgan fingerprint density at radius 3 is 3.18 bits per heavy atom. The third-order valence-corrected chi connectivity index (χ3v) is 3.40. The first-order chi connectivity index (χ1) is 5.43. The standard InChI is InChI=1S/C8H13NS2/c1-2-9-5-7-11-8-4-3-6-10-8/h3-4,6,9H,2,5,7H2,1H3. The first-order valence-electron chi connectivity index (χ1n) is 3.80. The number of hydrogen-bond donors (Lipinski definition) is 1. The van der Waals surface area contributed by atoms with Gasteiger partial charge in [0.25, 0.3) is 0 Å². The topological polar surface area (TPSA) is 12.0 Å². The summed E-state index contributed by atoms with van der Waals surface area (Å²) in [6, 6.07) is 4.27. The lowest BCUT2D eigenvalue weighted by Crippen LogP contribution is -2.15. The van der Waals surface area contributed by atoms with Crippen molar-refractivity contribution in [2.24, 2.45) is 0 Å². The van der Waals surface area contributed by atoms with E-state index in [1.807, 2.05) is 23.1 Å². The molecule has 0 aliphatic heterocycles. The van der Waals surface area contributed by atoms with E-state index in [2.05, 4.69) is 29.8 Å². The number of rotatable bonds is 5. The molecule has 1 rings (SSSR count). The van der Waals surface area contributed by atoms with Crippen LogP contribution in [0.4, 0.5) is 0 Å². The summed E-state index contributed by atoms with van der Waals surface area (Å²) < 4.78 is 1.42. The fourth-order valence-electron chi connectivity index (χ4n) is 0.746. The van der Waals surface area contributed by atoms with E-state index in [1.54, 1.807) is 0 Å². The molecule has 1 heterocycles. The SMILES string of the molecule is CCNCCSc1cccs1. The lowest BCUT2D eigenvalue weighted by Gasteiger charge is -1.98. The Hall–Kier alpha value is 0.01000. The summed E-state index contributed by atoms with van der Waals surface area (Å²) in [4.78, 5) is 0. The molecule has 0 aliphatic rings. The minimum atomic E-state index is 1.07. The second kappa shape index (κ2) is 5.63. The molecule has 0 spiro atoms. The average molecular weight is 187 g/mol. The third kappa shape index (κ3) is 3.79. The van der Waals surface area contributed by atoms with Gasteiger partial charge in [-0.25, -0.2) is 0 Å². The molecular formula is C8H13NS2. The predicted octanol–water partition coefficient (Wildman–Crippen LogP) is 2.45. The van der Waals surface area contributed by atoms with Crippen molar-refractivity contribution in [1.29, 1.82) is 0 Å². The van der Waals surface area contributed by atoms with Crippen molar-refractivity contribution in [2.45, 2.75) is 11.1 Å². The van der Waals surface area contributed by atoms with Crippen LogP contribution in [0.2, 0.25) is 0 Å². The van der Waals surface area contributed by atoms with E-state index in [4.69, 9.17) is 0 Å². The number of nitrogens with one attached hydrogen (secondary N) is 1. The quantitative estimate of drug-likeness (QED) is 0.561. The fourth-order valence-corrected chi connectivity index (χ4v) is 2.51. The van der Waals surface area contributed by atoms with Crippen molar-refractivity contribution in [1.82, 2.24) is 5.32 Å². The average Bonchev–Trinajstić information content (AvgIpc) is 2.50. The number of hydrogen-bond acceptors (Lipinski definition) is 3. The van der Waals surface area contributed by atoms with Crippen molar-refractivity contribution >= 4 is 23.1 Å². The van der Waals surface area contributed by atoms with E-state index in [1.165, 1.54) is 9.96 Å². The molecule has 0 amide bonds. The molecule has 0 unspecified atom stereocenters. The van der Waals surface area contributed by atoms with Crippen LogP contribution < -0.4 is 5.32 Å². The Kier molecular flexibility index (Phi) is 4.66. The summed E-state index contributed by atoms with van der Waals surface area (Å²) in [5.74, 6) is 1.17. The van der Waals surface area contributed by atoms with Gasteiger partial charge < -0.3 is 5.32 Å². The maximum atomic E-state index is 3.29. The van der Waals surface area contributed by atoms with E-state index in [0.29, 0.717) is 0 Å². The van der Waals surface area contributed by atoms with E-state index < -0.39 is 0 Å². The number of thiophene rings is 1. The maximum absolute atomic E-state index is 3.29. The van der Waals surface area contributed by atoms with Crippen LogP contribution in [0, 0.1) is 0 Å². The first-order valence-corrected chi connectivity index (χ1v) is 5.67. The number of thioether (sulfide) groups is 1. The Labute approximate surface area is 76.2 Å². The Morgan fingerprint density at radius 2 is 2.55 bits per heavy atom. The molecule has 0 saturated heterocycles. The molecule has 1 aromatic heterocycles. The summed E-state index contributed by atoms with van der Waals surface area (Å²) >= 11 is 3.74.